The van der Waals surface area contributed by atoms with Crippen LogP contribution in [0.25, 0.3) is 10.7 Å². The molecule has 1 saturated heterocycles. The highest BCUT2D eigenvalue weighted by Gasteiger charge is 2.21. The molecule has 1 aliphatic rings. The van der Waals surface area contributed by atoms with Crippen LogP contribution in [0.2, 0.25) is 0 Å². The second-order valence-electron chi connectivity index (χ2n) is 6.21. The minimum Gasteiger partial charge on any atom is -0.343 e. The Kier molecular flexibility index (Phi) is 4.71. The van der Waals surface area contributed by atoms with Crippen LogP contribution in [0.4, 0.5) is 0 Å². The Balaban J connectivity index is 1.68. The molecule has 0 atom stereocenters. The summed E-state index contributed by atoms with van der Waals surface area (Å²) in [6.45, 7) is 7.49. The molecule has 1 aliphatic heterocycles. The lowest BCUT2D eigenvalue weighted by molar-refractivity contribution is -0.130. The first-order valence-corrected chi connectivity index (χ1v) is 8.85. The van der Waals surface area contributed by atoms with E-state index in [9.17, 15) is 4.79 Å². The number of carbonyl (C=O) groups excluding carboxylic acids is 1. The van der Waals surface area contributed by atoms with E-state index in [1.807, 2.05) is 11.8 Å². The van der Waals surface area contributed by atoms with Gasteiger partial charge in [-0.2, -0.15) is 0 Å². The van der Waals surface area contributed by atoms with Crippen LogP contribution >= 0.6 is 11.3 Å². The maximum Gasteiger partial charge on any atom is 0.219 e. The van der Waals surface area contributed by atoms with Crippen molar-refractivity contribution in [2.75, 3.05) is 13.1 Å². The molecule has 23 heavy (non-hydrogen) atoms. The number of rotatable bonds is 3. The molecular weight excluding hydrogens is 308 g/mol. The zero-order valence-electron chi connectivity index (χ0n) is 13.9. The number of hydrogen-bond acceptors (Lipinski definition) is 5. The summed E-state index contributed by atoms with van der Waals surface area (Å²) in [6, 6.07) is 2.06. The Hall–Kier alpha value is -1.82. The smallest absolute Gasteiger partial charge is 0.219 e. The molecule has 2 aromatic heterocycles. The van der Waals surface area contributed by atoms with Crippen molar-refractivity contribution in [3.63, 3.8) is 0 Å². The van der Waals surface area contributed by atoms with Gasteiger partial charge in [0.15, 0.2) is 0 Å². The van der Waals surface area contributed by atoms with Crippen molar-refractivity contribution in [2.45, 2.75) is 40.0 Å². The van der Waals surface area contributed by atoms with E-state index >= 15 is 0 Å². The predicted molar refractivity (Wildman–Crippen MR) is 91.3 cm³/mol. The number of hydrogen-bond donors (Lipinski definition) is 0. The Labute approximate surface area is 140 Å². The van der Waals surface area contributed by atoms with Crippen molar-refractivity contribution in [1.82, 2.24) is 19.9 Å². The minimum atomic E-state index is 0.183. The lowest BCUT2D eigenvalue weighted by atomic mass is 9.92. The van der Waals surface area contributed by atoms with Gasteiger partial charge in [0.05, 0.1) is 5.69 Å². The van der Waals surface area contributed by atoms with Crippen LogP contribution in [0, 0.1) is 19.8 Å². The van der Waals surface area contributed by atoms with Gasteiger partial charge in [-0.1, -0.05) is 0 Å². The SMILES string of the molecule is CC(=O)N1CCC(Cc2cc(-c3nc(C)c(C)s3)ncn2)CC1. The summed E-state index contributed by atoms with van der Waals surface area (Å²) in [5, 5.41) is 0.968. The zero-order valence-corrected chi connectivity index (χ0v) is 14.7. The molecule has 1 fully saturated rings. The number of thiazole rings is 1. The first-order chi connectivity index (χ1) is 11.0. The summed E-state index contributed by atoms with van der Waals surface area (Å²) in [4.78, 5) is 27.9. The lowest BCUT2D eigenvalue weighted by Crippen LogP contribution is -2.37. The lowest BCUT2D eigenvalue weighted by Gasteiger charge is -2.31. The van der Waals surface area contributed by atoms with Crippen LogP contribution < -0.4 is 0 Å². The summed E-state index contributed by atoms with van der Waals surface area (Å²) in [7, 11) is 0. The van der Waals surface area contributed by atoms with Crippen molar-refractivity contribution in [3.05, 3.63) is 28.7 Å². The van der Waals surface area contributed by atoms with Gasteiger partial charge in [-0.3, -0.25) is 4.79 Å². The maximum atomic E-state index is 11.4. The monoisotopic (exact) mass is 330 g/mol. The van der Waals surface area contributed by atoms with E-state index in [-0.39, 0.29) is 5.91 Å². The fourth-order valence-corrected chi connectivity index (χ4v) is 3.84. The Bertz CT molecular complexity index is 685. The molecule has 5 nitrogen and oxygen atoms in total. The maximum absolute atomic E-state index is 11.4. The number of aromatic nitrogens is 3. The van der Waals surface area contributed by atoms with Crippen LogP contribution in [-0.2, 0) is 11.2 Å². The van der Waals surface area contributed by atoms with Gasteiger partial charge in [0.1, 0.15) is 17.0 Å². The molecule has 2 aromatic rings. The number of carbonyl (C=O) groups is 1. The molecular formula is C17H22N4OS. The summed E-state index contributed by atoms with van der Waals surface area (Å²) in [5.41, 5.74) is 3.06. The second kappa shape index (κ2) is 6.74. The molecule has 0 saturated carbocycles. The van der Waals surface area contributed by atoms with Crippen LogP contribution in [0.1, 0.15) is 36.0 Å². The fraction of sp³-hybridized carbons (Fsp3) is 0.529. The Morgan fingerprint density at radius 1 is 1.30 bits per heavy atom. The molecule has 0 spiro atoms. The molecule has 6 heteroatoms. The summed E-state index contributed by atoms with van der Waals surface area (Å²) in [6.07, 6.45) is 4.69. The van der Waals surface area contributed by atoms with Gasteiger partial charge < -0.3 is 4.90 Å². The van der Waals surface area contributed by atoms with Gasteiger partial charge in [0, 0.05) is 30.6 Å². The minimum absolute atomic E-state index is 0.183. The third kappa shape index (κ3) is 3.75. The molecule has 1 amide bonds. The van der Waals surface area contributed by atoms with Crippen molar-refractivity contribution in [2.24, 2.45) is 5.92 Å². The molecule has 0 unspecified atom stereocenters. The van der Waals surface area contributed by atoms with E-state index in [0.29, 0.717) is 5.92 Å². The standard InChI is InChI=1S/C17H22N4OS/c1-11-12(2)23-17(20-11)16-9-15(18-10-19-16)8-14-4-6-21(7-5-14)13(3)22/h9-10,14H,4-8H2,1-3H3. The van der Waals surface area contributed by atoms with E-state index in [2.05, 4.69) is 27.9 Å². The van der Waals surface area contributed by atoms with Gasteiger partial charge in [-0.25, -0.2) is 15.0 Å². The largest absolute Gasteiger partial charge is 0.343 e. The van der Waals surface area contributed by atoms with Crippen LogP contribution in [0.15, 0.2) is 12.4 Å². The summed E-state index contributed by atoms with van der Waals surface area (Å²) < 4.78 is 0. The average Bonchev–Trinajstić information content (AvgIpc) is 2.88. The van der Waals surface area contributed by atoms with Crippen molar-refractivity contribution < 1.29 is 4.79 Å². The summed E-state index contributed by atoms with van der Waals surface area (Å²) >= 11 is 1.68. The van der Waals surface area contributed by atoms with E-state index in [1.54, 1.807) is 24.6 Å². The average molecular weight is 330 g/mol. The highest BCUT2D eigenvalue weighted by atomic mass is 32.1. The third-order valence-electron chi connectivity index (χ3n) is 4.53. The summed E-state index contributed by atoms with van der Waals surface area (Å²) in [5.74, 6) is 0.774. The van der Waals surface area contributed by atoms with E-state index in [4.69, 9.17) is 0 Å². The van der Waals surface area contributed by atoms with Gasteiger partial charge in [0.25, 0.3) is 0 Å². The second-order valence-corrected chi connectivity index (χ2v) is 7.41. The highest BCUT2D eigenvalue weighted by molar-refractivity contribution is 7.15. The molecule has 122 valence electrons. The normalized spacial score (nSPS) is 15.9. The topological polar surface area (TPSA) is 59.0 Å². The molecule has 0 bridgehead atoms. The first-order valence-electron chi connectivity index (χ1n) is 8.03. The number of amides is 1. The van der Waals surface area contributed by atoms with Crippen LogP contribution in [0.5, 0.6) is 0 Å². The highest BCUT2D eigenvalue weighted by Crippen LogP contribution is 2.27. The Morgan fingerprint density at radius 3 is 2.65 bits per heavy atom. The molecule has 0 aromatic carbocycles. The van der Waals surface area contributed by atoms with Crippen molar-refractivity contribution >= 4 is 17.2 Å². The molecule has 0 N–H and O–H groups in total. The number of piperidine rings is 1. The molecule has 3 rings (SSSR count). The Morgan fingerprint density at radius 2 is 2.04 bits per heavy atom. The quantitative estimate of drug-likeness (QED) is 0.868. The van der Waals surface area contributed by atoms with Gasteiger partial charge in [-0.15, -0.1) is 11.3 Å². The van der Waals surface area contributed by atoms with Crippen LogP contribution in [-0.4, -0.2) is 38.8 Å². The van der Waals surface area contributed by atoms with Gasteiger partial charge in [0.2, 0.25) is 5.91 Å². The molecule has 0 radical (unpaired) electrons. The fourth-order valence-electron chi connectivity index (χ4n) is 2.96. The number of likely N-dealkylation sites (tertiary alicyclic amines) is 1. The predicted octanol–water partition coefficient (Wildman–Crippen LogP) is 3.02. The van der Waals surface area contributed by atoms with Crippen LogP contribution in [0.3, 0.4) is 0 Å². The van der Waals surface area contributed by atoms with E-state index in [0.717, 1.165) is 54.4 Å². The third-order valence-corrected chi connectivity index (χ3v) is 5.62. The van der Waals surface area contributed by atoms with Crippen molar-refractivity contribution in [3.8, 4) is 10.7 Å². The van der Waals surface area contributed by atoms with Gasteiger partial charge in [-0.05, 0) is 45.1 Å². The molecule has 0 aliphatic carbocycles. The molecule has 3 heterocycles. The zero-order chi connectivity index (χ0) is 16.4. The van der Waals surface area contributed by atoms with Crippen molar-refractivity contribution in [1.29, 1.82) is 0 Å². The van der Waals surface area contributed by atoms with Gasteiger partial charge >= 0.3 is 0 Å². The first kappa shape index (κ1) is 16.1. The number of aryl methyl sites for hydroxylation is 2. The van der Waals surface area contributed by atoms with E-state index in [1.165, 1.54) is 4.88 Å². The van der Waals surface area contributed by atoms with E-state index < -0.39 is 0 Å². The number of nitrogens with zero attached hydrogens (tertiary/aromatic N) is 4.